The third-order valence-corrected chi connectivity index (χ3v) is 2.12. The van der Waals surface area contributed by atoms with Gasteiger partial charge in [0.1, 0.15) is 5.82 Å². The second-order valence-corrected chi connectivity index (χ2v) is 3.45. The monoisotopic (exact) mass is 210 g/mol. The minimum absolute atomic E-state index is 0.305. The summed E-state index contributed by atoms with van der Waals surface area (Å²) in [6.07, 6.45) is 1.83. The molecular weight excluding hydrogens is 195 g/mol. The number of ether oxygens (including phenoxy) is 1. The zero-order chi connectivity index (χ0) is 11.3. The first-order valence-electron chi connectivity index (χ1n) is 5.08. The van der Waals surface area contributed by atoms with Gasteiger partial charge < -0.3 is 4.74 Å². The normalized spacial score (nSPS) is 10.1. The summed E-state index contributed by atoms with van der Waals surface area (Å²) >= 11 is 0. The molecule has 0 spiro atoms. The number of rotatable bonds is 4. The molecular formula is C12H15FO2. The van der Waals surface area contributed by atoms with E-state index in [1.165, 1.54) is 18.2 Å². The molecule has 0 fully saturated rings. The Balaban J connectivity index is 2.62. The number of esters is 1. The maximum atomic E-state index is 12.9. The fourth-order valence-corrected chi connectivity index (χ4v) is 1.16. The van der Waals surface area contributed by atoms with Crippen molar-refractivity contribution in [3.8, 4) is 0 Å². The Hall–Kier alpha value is -1.38. The highest BCUT2D eigenvalue weighted by molar-refractivity contribution is 5.89. The van der Waals surface area contributed by atoms with Crippen LogP contribution in [0.15, 0.2) is 18.2 Å². The number of carbonyl (C=O) groups excluding carboxylic acids is 1. The molecule has 0 aromatic heterocycles. The van der Waals surface area contributed by atoms with Crippen molar-refractivity contribution in [3.63, 3.8) is 0 Å². The molecule has 0 saturated heterocycles. The molecule has 0 aliphatic carbocycles. The van der Waals surface area contributed by atoms with Gasteiger partial charge in [0.25, 0.3) is 0 Å². The van der Waals surface area contributed by atoms with Gasteiger partial charge in [-0.05, 0) is 37.1 Å². The molecule has 0 N–H and O–H groups in total. The van der Waals surface area contributed by atoms with Crippen molar-refractivity contribution in [1.82, 2.24) is 0 Å². The average molecular weight is 210 g/mol. The van der Waals surface area contributed by atoms with Crippen molar-refractivity contribution < 1.29 is 13.9 Å². The quantitative estimate of drug-likeness (QED) is 0.564. The van der Waals surface area contributed by atoms with E-state index in [9.17, 15) is 9.18 Å². The molecule has 0 radical (unpaired) electrons. The zero-order valence-corrected chi connectivity index (χ0v) is 9.05. The van der Waals surface area contributed by atoms with E-state index in [2.05, 4.69) is 0 Å². The molecule has 0 unspecified atom stereocenters. The van der Waals surface area contributed by atoms with Gasteiger partial charge in [0.05, 0.1) is 12.2 Å². The molecule has 0 amide bonds. The summed E-state index contributed by atoms with van der Waals surface area (Å²) in [4.78, 5) is 11.4. The van der Waals surface area contributed by atoms with Crippen molar-refractivity contribution in [2.75, 3.05) is 6.61 Å². The van der Waals surface area contributed by atoms with Gasteiger partial charge in [0.15, 0.2) is 0 Å². The van der Waals surface area contributed by atoms with Gasteiger partial charge in [0, 0.05) is 0 Å². The van der Waals surface area contributed by atoms with Crippen LogP contribution in [0.25, 0.3) is 0 Å². The van der Waals surface area contributed by atoms with Crippen LogP contribution in [0.3, 0.4) is 0 Å². The lowest BCUT2D eigenvalue weighted by atomic mass is 10.1. The second kappa shape index (κ2) is 5.49. The molecule has 2 nitrogen and oxygen atoms in total. The first-order valence-corrected chi connectivity index (χ1v) is 5.08. The lowest BCUT2D eigenvalue weighted by molar-refractivity contribution is 0.0499. The van der Waals surface area contributed by atoms with Crippen LogP contribution in [0.4, 0.5) is 4.39 Å². The second-order valence-electron chi connectivity index (χ2n) is 3.45. The van der Waals surface area contributed by atoms with Gasteiger partial charge in [-0.3, -0.25) is 0 Å². The summed E-state index contributed by atoms with van der Waals surface area (Å²) in [5, 5.41) is 0. The van der Waals surface area contributed by atoms with Crippen molar-refractivity contribution >= 4 is 5.97 Å². The number of halogens is 1. The molecule has 0 heterocycles. The Morgan fingerprint density at radius 2 is 2.20 bits per heavy atom. The van der Waals surface area contributed by atoms with E-state index in [1.807, 2.05) is 6.92 Å². The predicted molar refractivity (Wildman–Crippen MR) is 56.3 cm³/mol. The van der Waals surface area contributed by atoms with Gasteiger partial charge in [-0.15, -0.1) is 0 Å². The zero-order valence-electron chi connectivity index (χ0n) is 9.05. The lowest BCUT2D eigenvalue weighted by Gasteiger charge is -2.04. The van der Waals surface area contributed by atoms with Crippen molar-refractivity contribution in [1.29, 1.82) is 0 Å². The lowest BCUT2D eigenvalue weighted by Crippen LogP contribution is -2.06. The van der Waals surface area contributed by atoms with Gasteiger partial charge in [0.2, 0.25) is 0 Å². The van der Waals surface area contributed by atoms with Crippen LogP contribution in [0.5, 0.6) is 0 Å². The summed E-state index contributed by atoms with van der Waals surface area (Å²) in [6.45, 7) is 4.07. The minimum atomic E-state index is -0.383. The summed E-state index contributed by atoms with van der Waals surface area (Å²) < 4.78 is 17.9. The Morgan fingerprint density at radius 1 is 1.47 bits per heavy atom. The molecule has 1 aromatic carbocycles. The third kappa shape index (κ3) is 3.35. The smallest absolute Gasteiger partial charge is 0.338 e. The Labute approximate surface area is 89.1 Å². The van der Waals surface area contributed by atoms with E-state index < -0.39 is 0 Å². The first kappa shape index (κ1) is 11.7. The molecule has 0 aliphatic heterocycles. The van der Waals surface area contributed by atoms with Gasteiger partial charge in [-0.1, -0.05) is 13.3 Å². The number of unbranched alkanes of at least 4 members (excludes halogenated alkanes) is 1. The highest BCUT2D eigenvalue weighted by Gasteiger charge is 2.08. The molecule has 0 bridgehead atoms. The van der Waals surface area contributed by atoms with E-state index in [1.54, 1.807) is 6.92 Å². The van der Waals surface area contributed by atoms with E-state index in [4.69, 9.17) is 4.74 Å². The third-order valence-electron chi connectivity index (χ3n) is 2.12. The summed E-state index contributed by atoms with van der Waals surface area (Å²) in [5.41, 5.74) is 0.866. The topological polar surface area (TPSA) is 26.3 Å². The fraction of sp³-hybridized carbons (Fsp3) is 0.417. The van der Waals surface area contributed by atoms with E-state index >= 15 is 0 Å². The number of hydrogen-bond acceptors (Lipinski definition) is 2. The molecule has 0 aliphatic rings. The Bertz CT molecular complexity index is 347. The van der Waals surface area contributed by atoms with E-state index in [0.717, 1.165) is 12.8 Å². The van der Waals surface area contributed by atoms with Gasteiger partial charge in [-0.2, -0.15) is 0 Å². The number of aryl methyl sites for hydroxylation is 1. The molecule has 82 valence electrons. The number of hydrogen-bond donors (Lipinski definition) is 0. The Kier molecular flexibility index (Phi) is 4.28. The van der Waals surface area contributed by atoms with Crippen molar-refractivity contribution in [2.24, 2.45) is 0 Å². The molecule has 0 saturated carbocycles. The standard InChI is InChI=1S/C12H15FO2/c1-3-4-7-15-12(14)10-5-6-11(13)9(2)8-10/h5-6,8H,3-4,7H2,1-2H3. The van der Waals surface area contributed by atoms with E-state index in [0.29, 0.717) is 17.7 Å². The van der Waals surface area contributed by atoms with Crippen LogP contribution in [0.2, 0.25) is 0 Å². The van der Waals surface area contributed by atoms with Crippen LogP contribution >= 0.6 is 0 Å². The summed E-state index contributed by atoms with van der Waals surface area (Å²) in [6, 6.07) is 4.23. The number of benzene rings is 1. The summed E-state index contributed by atoms with van der Waals surface area (Å²) in [5.74, 6) is -0.688. The molecule has 1 rings (SSSR count). The van der Waals surface area contributed by atoms with Crippen LogP contribution in [-0.2, 0) is 4.74 Å². The minimum Gasteiger partial charge on any atom is -0.462 e. The first-order chi connectivity index (χ1) is 7.15. The van der Waals surface area contributed by atoms with E-state index in [-0.39, 0.29) is 11.8 Å². The predicted octanol–water partition coefficient (Wildman–Crippen LogP) is 3.09. The number of carbonyl (C=O) groups is 1. The van der Waals surface area contributed by atoms with Crippen molar-refractivity contribution in [3.05, 3.63) is 35.1 Å². The largest absolute Gasteiger partial charge is 0.462 e. The summed E-state index contributed by atoms with van der Waals surface area (Å²) in [7, 11) is 0. The van der Waals surface area contributed by atoms with Crippen LogP contribution in [0, 0.1) is 12.7 Å². The average Bonchev–Trinajstić information content (AvgIpc) is 2.22. The molecule has 3 heteroatoms. The van der Waals surface area contributed by atoms with Gasteiger partial charge in [-0.25, -0.2) is 9.18 Å². The maximum absolute atomic E-state index is 12.9. The Morgan fingerprint density at radius 3 is 2.80 bits per heavy atom. The highest BCUT2D eigenvalue weighted by atomic mass is 19.1. The van der Waals surface area contributed by atoms with Crippen LogP contribution in [-0.4, -0.2) is 12.6 Å². The fourth-order valence-electron chi connectivity index (χ4n) is 1.16. The molecule has 15 heavy (non-hydrogen) atoms. The van der Waals surface area contributed by atoms with Crippen LogP contribution in [0.1, 0.15) is 35.7 Å². The van der Waals surface area contributed by atoms with Crippen molar-refractivity contribution in [2.45, 2.75) is 26.7 Å². The molecule has 1 aromatic rings. The maximum Gasteiger partial charge on any atom is 0.338 e. The SMILES string of the molecule is CCCCOC(=O)c1ccc(F)c(C)c1. The van der Waals surface area contributed by atoms with Gasteiger partial charge >= 0.3 is 5.97 Å². The van der Waals surface area contributed by atoms with Crippen LogP contribution < -0.4 is 0 Å². The highest BCUT2D eigenvalue weighted by Crippen LogP contribution is 2.10. The molecule has 0 atom stereocenters.